The maximum atomic E-state index is 13.0. The molecule has 2 aromatic rings. The number of halogens is 3. The van der Waals surface area contributed by atoms with Crippen molar-refractivity contribution in [1.82, 2.24) is 0 Å². The van der Waals surface area contributed by atoms with Crippen LogP contribution in [0.25, 0.3) is 0 Å². The summed E-state index contributed by atoms with van der Waals surface area (Å²) in [5.74, 6) is -0.765. The quantitative estimate of drug-likeness (QED) is 0.869. The molecule has 1 amide bonds. The van der Waals surface area contributed by atoms with E-state index in [0.29, 0.717) is 16.4 Å². The first-order valence-electron chi connectivity index (χ1n) is 6.20. The summed E-state index contributed by atoms with van der Waals surface area (Å²) in [7, 11) is 0. The van der Waals surface area contributed by atoms with Crippen molar-refractivity contribution in [3.63, 3.8) is 0 Å². The third kappa shape index (κ3) is 4.34. The minimum atomic E-state index is -0.502. The molecule has 3 nitrogen and oxygen atoms in total. The molecule has 110 valence electrons. The molecule has 0 saturated heterocycles. The molecule has 0 heterocycles. The molecule has 2 N–H and O–H groups in total. The van der Waals surface area contributed by atoms with E-state index in [1.54, 1.807) is 12.1 Å². The Bertz CT molecular complexity index is 677. The Hall–Kier alpha value is -1.78. The highest BCUT2D eigenvalue weighted by atomic mass is 35.5. The predicted molar refractivity (Wildman–Crippen MR) is 84.7 cm³/mol. The van der Waals surface area contributed by atoms with Gasteiger partial charge < -0.3 is 10.6 Å². The smallest absolute Gasteiger partial charge is 0.243 e. The first-order chi connectivity index (χ1) is 9.95. The van der Waals surface area contributed by atoms with Crippen molar-refractivity contribution in [2.45, 2.75) is 6.92 Å². The summed E-state index contributed by atoms with van der Waals surface area (Å²) in [4.78, 5) is 11.8. The molecule has 0 aromatic heterocycles. The van der Waals surface area contributed by atoms with Gasteiger partial charge in [0.2, 0.25) is 5.91 Å². The second kappa shape index (κ2) is 6.78. The average molecular weight is 327 g/mol. The van der Waals surface area contributed by atoms with Gasteiger partial charge in [-0.2, -0.15) is 0 Å². The van der Waals surface area contributed by atoms with E-state index in [-0.39, 0.29) is 17.5 Å². The van der Waals surface area contributed by atoms with E-state index >= 15 is 0 Å². The van der Waals surface area contributed by atoms with Crippen LogP contribution in [-0.2, 0) is 4.79 Å². The maximum absolute atomic E-state index is 13.0. The summed E-state index contributed by atoms with van der Waals surface area (Å²) in [6.07, 6.45) is 0. The topological polar surface area (TPSA) is 41.1 Å². The van der Waals surface area contributed by atoms with Crippen LogP contribution in [-0.4, -0.2) is 12.5 Å². The van der Waals surface area contributed by atoms with Crippen LogP contribution in [0.2, 0.25) is 10.0 Å². The Balaban J connectivity index is 1.94. The third-order valence-electron chi connectivity index (χ3n) is 2.77. The molecule has 2 aromatic carbocycles. The van der Waals surface area contributed by atoms with E-state index in [1.165, 1.54) is 18.2 Å². The summed E-state index contributed by atoms with van der Waals surface area (Å²) in [6, 6.07) is 9.53. The molecule has 0 radical (unpaired) electrons. The number of carbonyl (C=O) groups excluding carboxylic acids is 1. The summed E-state index contributed by atoms with van der Waals surface area (Å²) in [6.45, 7) is 1.93. The third-order valence-corrected chi connectivity index (χ3v) is 3.37. The van der Waals surface area contributed by atoms with Crippen molar-refractivity contribution in [3.05, 3.63) is 57.8 Å². The number of hydrogen-bond acceptors (Lipinski definition) is 2. The molecule has 0 spiro atoms. The first kappa shape index (κ1) is 15.6. The standard InChI is InChI=1S/C15H13Cl2FN2O/c1-9-2-5-14(12(17)6-9)20-15(21)8-19-10-3-4-13(18)11(16)7-10/h2-7,19H,8H2,1H3,(H,20,21). The van der Waals surface area contributed by atoms with E-state index in [1.807, 2.05) is 13.0 Å². The minimum absolute atomic E-state index is 0.00184. The minimum Gasteiger partial charge on any atom is -0.376 e. The largest absolute Gasteiger partial charge is 0.376 e. The number of anilines is 2. The van der Waals surface area contributed by atoms with Gasteiger partial charge in [0.15, 0.2) is 0 Å². The Morgan fingerprint density at radius 1 is 1.14 bits per heavy atom. The van der Waals surface area contributed by atoms with E-state index in [0.717, 1.165) is 5.56 Å². The number of nitrogens with one attached hydrogen (secondary N) is 2. The SMILES string of the molecule is Cc1ccc(NC(=O)CNc2ccc(F)c(Cl)c2)c(Cl)c1. The van der Waals surface area contributed by atoms with Crippen LogP contribution >= 0.6 is 23.2 Å². The monoisotopic (exact) mass is 326 g/mol. The van der Waals surface area contributed by atoms with Crippen molar-refractivity contribution in [2.24, 2.45) is 0 Å². The van der Waals surface area contributed by atoms with Gasteiger partial charge in [-0.1, -0.05) is 29.3 Å². The maximum Gasteiger partial charge on any atom is 0.243 e. The average Bonchev–Trinajstić information content (AvgIpc) is 2.43. The first-order valence-corrected chi connectivity index (χ1v) is 6.96. The zero-order valence-electron chi connectivity index (χ0n) is 11.2. The molecule has 0 saturated carbocycles. The van der Waals surface area contributed by atoms with Gasteiger partial charge >= 0.3 is 0 Å². The number of hydrogen-bond donors (Lipinski definition) is 2. The van der Waals surface area contributed by atoms with Crippen molar-refractivity contribution in [1.29, 1.82) is 0 Å². The summed E-state index contributed by atoms with van der Waals surface area (Å²) in [5, 5.41) is 6.03. The van der Waals surface area contributed by atoms with Crippen LogP contribution in [0, 0.1) is 12.7 Å². The van der Waals surface area contributed by atoms with Gasteiger partial charge in [0.05, 0.1) is 22.3 Å². The lowest BCUT2D eigenvalue weighted by Crippen LogP contribution is -2.21. The normalized spacial score (nSPS) is 10.3. The number of aryl methyl sites for hydroxylation is 1. The molecule has 0 unspecified atom stereocenters. The van der Waals surface area contributed by atoms with Crippen LogP contribution < -0.4 is 10.6 Å². The lowest BCUT2D eigenvalue weighted by atomic mass is 10.2. The van der Waals surface area contributed by atoms with Gasteiger partial charge in [0, 0.05) is 5.69 Å². The van der Waals surface area contributed by atoms with Crippen LogP contribution in [0.5, 0.6) is 0 Å². The predicted octanol–water partition coefficient (Wildman–Crippen LogP) is 4.49. The molecular weight excluding hydrogens is 314 g/mol. The summed E-state index contributed by atoms with van der Waals surface area (Å²) < 4.78 is 13.0. The van der Waals surface area contributed by atoms with Gasteiger partial charge in [-0.25, -0.2) is 4.39 Å². The van der Waals surface area contributed by atoms with Crippen LogP contribution in [0.3, 0.4) is 0 Å². The fourth-order valence-corrected chi connectivity index (χ4v) is 2.17. The zero-order valence-corrected chi connectivity index (χ0v) is 12.7. The fourth-order valence-electron chi connectivity index (χ4n) is 1.70. The molecule has 0 fully saturated rings. The molecular formula is C15H13Cl2FN2O. The van der Waals surface area contributed by atoms with E-state index in [4.69, 9.17) is 23.2 Å². The van der Waals surface area contributed by atoms with Crippen molar-refractivity contribution >= 4 is 40.5 Å². The van der Waals surface area contributed by atoms with Crippen molar-refractivity contribution < 1.29 is 9.18 Å². The molecule has 6 heteroatoms. The molecule has 21 heavy (non-hydrogen) atoms. The van der Waals surface area contributed by atoms with Crippen LogP contribution in [0.1, 0.15) is 5.56 Å². The summed E-state index contributed by atoms with van der Waals surface area (Å²) >= 11 is 11.7. The van der Waals surface area contributed by atoms with Gasteiger partial charge in [-0.15, -0.1) is 0 Å². The number of benzene rings is 2. The molecule has 2 rings (SSSR count). The Kier molecular flexibility index (Phi) is 5.04. The number of carbonyl (C=O) groups is 1. The Labute approximate surface area is 132 Å². The summed E-state index contributed by atoms with van der Waals surface area (Å²) in [5.41, 5.74) is 2.12. The fraction of sp³-hybridized carbons (Fsp3) is 0.133. The van der Waals surface area contributed by atoms with Crippen molar-refractivity contribution in [3.8, 4) is 0 Å². The van der Waals surface area contributed by atoms with Gasteiger partial charge in [0.25, 0.3) is 0 Å². The van der Waals surface area contributed by atoms with Crippen LogP contribution in [0.15, 0.2) is 36.4 Å². The van der Waals surface area contributed by atoms with Crippen molar-refractivity contribution in [2.75, 3.05) is 17.2 Å². The lowest BCUT2D eigenvalue weighted by molar-refractivity contribution is -0.114. The molecule has 0 aliphatic rings. The van der Waals surface area contributed by atoms with Crippen LogP contribution in [0.4, 0.5) is 15.8 Å². The Morgan fingerprint density at radius 2 is 1.90 bits per heavy atom. The second-order valence-corrected chi connectivity index (χ2v) is 5.33. The van der Waals surface area contributed by atoms with E-state index in [9.17, 15) is 9.18 Å². The van der Waals surface area contributed by atoms with Gasteiger partial charge in [-0.3, -0.25) is 4.79 Å². The molecule has 0 atom stereocenters. The highest BCUT2D eigenvalue weighted by Gasteiger charge is 2.07. The van der Waals surface area contributed by atoms with E-state index < -0.39 is 5.82 Å². The highest BCUT2D eigenvalue weighted by Crippen LogP contribution is 2.23. The van der Waals surface area contributed by atoms with Gasteiger partial charge in [0.1, 0.15) is 5.82 Å². The molecule has 0 aliphatic heterocycles. The van der Waals surface area contributed by atoms with Gasteiger partial charge in [-0.05, 0) is 42.8 Å². The zero-order chi connectivity index (χ0) is 15.4. The van der Waals surface area contributed by atoms with E-state index in [2.05, 4.69) is 10.6 Å². The second-order valence-electron chi connectivity index (χ2n) is 4.51. The highest BCUT2D eigenvalue weighted by molar-refractivity contribution is 6.33. The molecule has 0 aliphatic carbocycles. The number of amides is 1. The molecule has 0 bridgehead atoms. The lowest BCUT2D eigenvalue weighted by Gasteiger charge is -2.10. The Morgan fingerprint density at radius 3 is 2.57 bits per heavy atom. The number of rotatable bonds is 4.